The Morgan fingerprint density at radius 2 is 2.08 bits per heavy atom. The summed E-state index contributed by atoms with van der Waals surface area (Å²) in [5.74, 6) is 1.01. The Morgan fingerprint density at radius 1 is 1.46 bits per heavy atom. The van der Waals surface area contributed by atoms with Crippen LogP contribution in [0.25, 0.3) is 0 Å². The molecular weight excluding hydrogens is 164 g/mol. The van der Waals surface area contributed by atoms with Crippen LogP contribution in [-0.2, 0) is 4.79 Å². The zero-order valence-corrected chi connectivity index (χ0v) is 8.84. The normalized spacial score (nSPS) is 27.1. The molecule has 0 unspecified atom stereocenters. The molecule has 13 heavy (non-hydrogen) atoms. The maximum Gasteiger partial charge on any atom is 0.234 e. The molecule has 0 saturated heterocycles. The molecule has 0 aromatic heterocycles. The zero-order valence-electron chi connectivity index (χ0n) is 8.84. The highest BCUT2D eigenvalue weighted by Gasteiger charge is 2.28. The third kappa shape index (κ3) is 3.35. The van der Waals surface area contributed by atoms with Gasteiger partial charge in [-0.05, 0) is 32.9 Å². The number of nitrogens with one attached hydrogen (secondary N) is 1. The molecule has 1 N–H and O–H groups in total. The molecule has 0 aliphatic heterocycles. The van der Waals surface area contributed by atoms with Crippen LogP contribution in [0.2, 0.25) is 0 Å². The van der Waals surface area contributed by atoms with E-state index in [0.717, 1.165) is 5.92 Å². The van der Waals surface area contributed by atoms with E-state index >= 15 is 0 Å². The lowest BCUT2D eigenvalue weighted by molar-refractivity contribution is -0.123. The summed E-state index contributed by atoms with van der Waals surface area (Å²) in [6.07, 6.45) is 3.60. The Labute approximate surface area is 80.5 Å². The summed E-state index contributed by atoms with van der Waals surface area (Å²) in [7, 11) is 3.82. The van der Waals surface area contributed by atoms with Crippen LogP contribution in [0.1, 0.15) is 26.2 Å². The van der Waals surface area contributed by atoms with Gasteiger partial charge in [0.25, 0.3) is 0 Å². The van der Waals surface area contributed by atoms with Crippen molar-refractivity contribution < 1.29 is 4.79 Å². The standard InChI is InChI=1S/C10H20N2O/c1-4-8-5-9(6-8)11-10(13)7-12(2)3/h8-9H,4-7H2,1-3H3,(H,11,13). The van der Waals surface area contributed by atoms with Gasteiger partial charge in [0.1, 0.15) is 0 Å². The van der Waals surface area contributed by atoms with Crippen LogP contribution < -0.4 is 5.32 Å². The van der Waals surface area contributed by atoms with Crippen molar-refractivity contribution in [3.05, 3.63) is 0 Å². The fourth-order valence-electron chi connectivity index (χ4n) is 1.75. The number of amides is 1. The van der Waals surface area contributed by atoms with Crippen molar-refractivity contribution in [3.63, 3.8) is 0 Å². The highest BCUT2D eigenvalue weighted by atomic mass is 16.2. The first-order valence-electron chi connectivity index (χ1n) is 5.06. The molecule has 76 valence electrons. The first-order chi connectivity index (χ1) is 6.11. The lowest BCUT2D eigenvalue weighted by atomic mass is 9.79. The van der Waals surface area contributed by atoms with Crippen molar-refractivity contribution in [2.24, 2.45) is 5.92 Å². The van der Waals surface area contributed by atoms with Crippen molar-refractivity contribution in [3.8, 4) is 0 Å². The van der Waals surface area contributed by atoms with Gasteiger partial charge in [-0.15, -0.1) is 0 Å². The molecule has 1 amide bonds. The molecule has 0 radical (unpaired) electrons. The molecule has 0 spiro atoms. The third-order valence-corrected chi connectivity index (χ3v) is 2.64. The smallest absolute Gasteiger partial charge is 0.234 e. The van der Waals surface area contributed by atoms with Crippen molar-refractivity contribution >= 4 is 5.91 Å². The number of rotatable bonds is 4. The van der Waals surface area contributed by atoms with Crippen LogP contribution in [0.3, 0.4) is 0 Å². The SMILES string of the molecule is CCC1CC(NC(=O)CN(C)C)C1. The van der Waals surface area contributed by atoms with Gasteiger partial charge < -0.3 is 10.2 Å². The van der Waals surface area contributed by atoms with Crippen LogP contribution in [0, 0.1) is 5.92 Å². The van der Waals surface area contributed by atoms with Gasteiger partial charge in [-0.1, -0.05) is 13.3 Å². The fraction of sp³-hybridized carbons (Fsp3) is 0.900. The summed E-state index contributed by atoms with van der Waals surface area (Å²) in [6, 6.07) is 0.456. The lowest BCUT2D eigenvalue weighted by Crippen LogP contribution is -2.46. The maximum absolute atomic E-state index is 11.3. The van der Waals surface area contributed by atoms with Crippen molar-refractivity contribution in [2.75, 3.05) is 20.6 Å². The Kier molecular flexibility index (Phi) is 3.72. The molecule has 0 aromatic rings. The van der Waals surface area contributed by atoms with E-state index in [-0.39, 0.29) is 5.91 Å². The third-order valence-electron chi connectivity index (χ3n) is 2.64. The summed E-state index contributed by atoms with van der Waals surface area (Å²) < 4.78 is 0. The van der Waals surface area contributed by atoms with E-state index in [1.54, 1.807) is 0 Å². The second kappa shape index (κ2) is 4.61. The minimum atomic E-state index is 0.157. The predicted octanol–water partition coefficient (Wildman–Crippen LogP) is 0.853. The Morgan fingerprint density at radius 3 is 2.54 bits per heavy atom. The molecule has 1 aliphatic carbocycles. The molecule has 1 fully saturated rings. The van der Waals surface area contributed by atoms with Gasteiger partial charge in [0.05, 0.1) is 6.54 Å². The van der Waals surface area contributed by atoms with Crippen LogP contribution in [-0.4, -0.2) is 37.5 Å². The Bertz CT molecular complexity index is 174. The van der Waals surface area contributed by atoms with Crippen LogP contribution in [0.5, 0.6) is 0 Å². The first-order valence-corrected chi connectivity index (χ1v) is 5.06. The van der Waals surface area contributed by atoms with Gasteiger partial charge in [0.2, 0.25) is 5.91 Å². The number of hydrogen-bond donors (Lipinski definition) is 1. The highest BCUT2D eigenvalue weighted by molar-refractivity contribution is 5.78. The van der Waals surface area contributed by atoms with E-state index in [4.69, 9.17) is 0 Å². The zero-order chi connectivity index (χ0) is 9.84. The van der Waals surface area contributed by atoms with E-state index in [9.17, 15) is 4.79 Å². The predicted molar refractivity (Wildman–Crippen MR) is 53.5 cm³/mol. The number of likely N-dealkylation sites (N-methyl/N-ethyl adjacent to an activating group) is 1. The van der Waals surface area contributed by atoms with Gasteiger partial charge in [0.15, 0.2) is 0 Å². The minimum Gasteiger partial charge on any atom is -0.352 e. The van der Waals surface area contributed by atoms with Crippen LogP contribution >= 0.6 is 0 Å². The molecule has 0 atom stereocenters. The summed E-state index contributed by atoms with van der Waals surface area (Å²) >= 11 is 0. The average molecular weight is 184 g/mol. The molecule has 3 nitrogen and oxygen atoms in total. The second-order valence-corrected chi connectivity index (χ2v) is 4.25. The molecule has 1 rings (SSSR count). The first kappa shape index (κ1) is 10.5. The second-order valence-electron chi connectivity index (χ2n) is 4.25. The molecular formula is C10H20N2O. The van der Waals surface area contributed by atoms with Gasteiger partial charge in [-0.2, -0.15) is 0 Å². The number of carbonyl (C=O) groups excluding carboxylic acids is 1. The topological polar surface area (TPSA) is 32.3 Å². The Balaban J connectivity index is 2.09. The highest BCUT2D eigenvalue weighted by Crippen LogP contribution is 2.29. The van der Waals surface area contributed by atoms with E-state index in [2.05, 4.69) is 12.2 Å². The molecule has 1 saturated carbocycles. The molecule has 0 bridgehead atoms. The van der Waals surface area contributed by atoms with Crippen molar-refractivity contribution in [1.29, 1.82) is 0 Å². The van der Waals surface area contributed by atoms with Gasteiger partial charge in [-0.25, -0.2) is 0 Å². The molecule has 0 aromatic carbocycles. The van der Waals surface area contributed by atoms with E-state index in [1.165, 1.54) is 19.3 Å². The summed E-state index contributed by atoms with van der Waals surface area (Å²) in [6.45, 7) is 2.72. The largest absolute Gasteiger partial charge is 0.352 e. The van der Waals surface area contributed by atoms with Crippen molar-refractivity contribution in [1.82, 2.24) is 10.2 Å². The lowest BCUT2D eigenvalue weighted by Gasteiger charge is -2.35. The molecule has 0 heterocycles. The monoisotopic (exact) mass is 184 g/mol. The molecule has 3 heteroatoms. The van der Waals surface area contributed by atoms with Gasteiger partial charge >= 0.3 is 0 Å². The van der Waals surface area contributed by atoms with E-state index in [0.29, 0.717) is 12.6 Å². The van der Waals surface area contributed by atoms with Crippen molar-refractivity contribution in [2.45, 2.75) is 32.2 Å². The van der Waals surface area contributed by atoms with Gasteiger partial charge in [0, 0.05) is 6.04 Å². The number of carbonyl (C=O) groups is 1. The quantitative estimate of drug-likeness (QED) is 0.702. The Hall–Kier alpha value is -0.570. The minimum absolute atomic E-state index is 0.157. The van der Waals surface area contributed by atoms with Crippen LogP contribution in [0.15, 0.2) is 0 Å². The molecule has 1 aliphatic rings. The summed E-state index contributed by atoms with van der Waals surface area (Å²) in [5.41, 5.74) is 0. The summed E-state index contributed by atoms with van der Waals surface area (Å²) in [5, 5.41) is 3.03. The van der Waals surface area contributed by atoms with E-state index < -0.39 is 0 Å². The van der Waals surface area contributed by atoms with Gasteiger partial charge in [-0.3, -0.25) is 4.79 Å². The number of nitrogens with zero attached hydrogens (tertiary/aromatic N) is 1. The van der Waals surface area contributed by atoms with Crippen LogP contribution in [0.4, 0.5) is 0 Å². The fourth-order valence-corrected chi connectivity index (χ4v) is 1.75. The van der Waals surface area contributed by atoms with E-state index in [1.807, 2.05) is 19.0 Å². The number of hydrogen-bond acceptors (Lipinski definition) is 2. The maximum atomic E-state index is 11.3. The average Bonchev–Trinajstić information content (AvgIpc) is 1.94. The summed E-state index contributed by atoms with van der Waals surface area (Å²) in [4.78, 5) is 13.2.